The quantitative estimate of drug-likeness (QED) is 0.431. The second-order valence-electron chi connectivity index (χ2n) is 5.25. The Morgan fingerprint density at radius 2 is 2.23 bits per heavy atom. The molecule has 0 aliphatic rings. The summed E-state index contributed by atoms with van der Waals surface area (Å²) in [5, 5.41) is 17.1. The van der Waals surface area contributed by atoms with E-state index in [9.17, 15) is 10.1 Å². The summed E-state index contributed by atoms with van der Waals surface area (Å²) < 4.78 is 5.01. The minimum atomic E-state index is -0.453. The lowest BCUT2D eigenvalue weighted by Crippen LogP contribution is -2.09. The van der Waals surface area contributed by atoms with Crippen molar-refractivity contribution in [2.24, 2.45) is 0 Å². The lowest BCUT2D eigenvalue weighted by molar-refractivity contribution is 0.0524. The maximum atomic E-state index is 12.0. The molecule has 0 unspecified atom stereocenters. The molecule has 26 heavy (non-hydrogen) atoms. The zero-order valence-electron chi connectivity index (χ0n) is 14.2. The maximum absolute atomic E-state index is 12.0. The summed E-state index contributed by atoms with van der Waals surface area (Å²) in [6.07, 6.45) is 0. The van der Waals surface area contributed by atoms with Crippen molar-refractivity contribution in [1.82, 2.24) is 9.97 Å². The predicted octanol–water partition coefficient (Wildman–Crippen LogP) is 4.92. The first-order valence-electron chi connectivity index (χ1n) is 7.81. The van der Waals surface area contributed by atoms with E-state index < -0.39 is 5.97 Å². The fourth-order valence-corrected chi connectivity index (χ4v) is 4.75. The Morgan fingerprint density at radius 1 is 1.38 bits per heavy atom. The molecule has 0 atom stereocenters. The van der Waals surface area contributed by atoms with E-state index in [0.717, 1.165) is 16.3 Å². The molecule has 132 valence electrons. The van der Waals surface area contributed by atoms with Crippen LogP contribution in [0.5, 0.6) is 0 Å². The summed E-state index contributed by atoms with van der Waals surface area (Å²) in [5.41, 5.74) is 3.33. The molecule has 0 fully saturated rings. The van der Waals surface area contributed by atoms with E-state index in [1.165, 1.54) is 11.8 Å². The molecule has 0 saturated heterocycles. The molecule has 0 bridgehead atoms. The normalized spacial score (nSPS) is 10.5. The number of carbonyl (C=O) groups excluding carboxylic acids is 1. The van der Waals surface area contributed by atoms with Crippen molar-refractivity contribution in [2.45, 2.75) is 24.6 Å². The van der Waals surface area contributed by atoms with Crippen LogP contribution in [-0.2, 0) is 10.5 Å². The van der Waals surface area contributed by atoms with E-state index in [0.29, 0.717) is 27.6 Å². The van der Waals surface area contributed by atoms with E-state index in [2.05, 4.69) is 21.4 Å². The number of nitrogens with zero attached hydrogens (tertiary/aromatic N) is 3. The summed E-state index contributed by atoms with van der Waals surface area (Å²) in [7, 11) is 0. The number of carbonyl (C=O) groups is 1. The molecule has 3 aromatic rings. The number of thioether (sulfide) groups is 1. The molecule has 0 amide bonds. The molecule has 3 aromatic heterocycles. The van der Waals surface area contributed by atoms with E-state index in [1.807, 2.05) is 16.8 Å². The first-order chi connectivity index (χ1) is 12.6. The highest BCUT2D eigenvalue weighted by Gasteiger charge is 2.16. The topological polar surface area (TPSA) is 75.9 Å². The van der Waals surface area contributed by atoms with Crippen LogP contribution in [0.25, 0.3) is 10.6 Å². The van der Waals surface area contributed by atoms with Crippen molar-refractivity contribution in [3.63, 3.8) is 0 Å². The number of aryl methyl sites for hydroxylation is 1. The van der Waals surface area contributed by atoms with Gasteiger partial charge in [-0.15, -0.1) is 11.3 Å². The fraction of sp³-hybridized carbons (Fsp3) is 0.222. The Morgan fingerprint density at radius 3 is 2.92 bits per heavy atom. The Balaban J connectivity index is 1.77. The number of thiophene rings is 1. The number of nitriles is 1. The number of hydrogen-bond donors (Lipinski definition) is 0. The van der Waals surface area contributed by atoms with Gasteiger partial charge in [-0.25, -0.2) is 14.8 Å². The summed E-state index contributed by atoms with van der Waals surface area (Å²) in [5.74, 6) is 0.158. The third-order valence-electron chi connectivity index (χ3n) is 3.47. The Kier molecular flexibility index (Phi) is 6.04. The molecule has 0 aliphatic carbocycles. The Labute approximate surface area is 163 Å². The first kappa shape index (κ1) is 18.6. The number of aromatic nitrogens is 2. The van der Waals surface area contributed by atoms with Crippen LogP contribution in [0.15, 0.2) is 33.3 Å². The van der Waals surface area contributed by atoms with Crippen molar-refractivity contribution in [3.05, 3.63) is 50.8 Å². The van der Waals surface area contributed by atoms with E-state index in [4.69, 9.17) is 4.74 Å². The molecule has 0 saturated carbocycles. The van der Waals surface area contributed by atoms with E-state index in [1.54, 1.807) is 42.6 Å². The number of pyridine rings is 1. The molecule has 3 heterocycles. The summed E-state index contributed by atoms with van der Waals surface area (Å²) >= 11 is 4.69. The number of hydrogen-bond acceptors (Lipinski definition) is 8. The van der Waals surface area contributed by atoms with Gasteiger partial charge in [0.1, 0.15) is 16.1 Å². The Bertz CT molecular complexity index is 959. The number of thiazole rings is 1. The van der Waals surface area contributed by atoms with Gasteiger partial charge < -0.3 is 4.74 Å². The molecule has 0 radical (unpaired) electrons. The number of ether oxygens (including phenoxy) is 1. The highest BCUT2D eigenvalue weighted by molar-refractivity contribution is 7.98. The summed E-state index contributed by atoms with van der Waals surface area (Å²) in [6, 6.07) is 5.72. The van der Waals surface area contributed by atoms with Gasteiger partial charge >= 0.3 is 5.97 Å². The molecule has 8 heteroatoms. The SMILES string of the molecule is CCOC(=O)c1cc(C#N)c(SCc2csc(-c3ccsc3)n2)nc1C. The molecule has 5 nitrogen and oxygen atoms in total. The van der Waals surface area contributed by atoms with Crippen LogP contribution in [0.3, 0.4) is 0 Å². The Hall–Kier alpha value is -2.21. The van der Waals surface area contributed by atoms with Gasteiger partial charge in [-0.2, -0.15) is 16.6 Å². The third-order valence-corrected chi connectivity index (χ3v) is 6.12. The standard InChI is InChI=1S/C18H15N3O2S3/c1-3-23-18(22)15-6-13(7-19)17(20-11(15)2)26-10-14-9-25-16(21-14)12-4-5-24-8-12/h4-6,8-9H,3,10H2,1-2H3. The molecular formula is C18H15N3O2S3. The maximum Gasteiger partial charge on any atom is 0.340 e. The van der Waals surface area contributed by atoms with Gasteiger partial charge in [-0.05, 0) is 31.4 Å². The van der Waals surface area contributed by atoms with Crippen molar-refractivity contribution in [3.8, 4) is 16.6 Å². The van der Waals surface area contributed by atoms with Gasteiger partial charge in [0.2, 0.25) is 0 Å². The van der Waals surface area contributed by atoms with Crippen LogP contribution in [0, 0.1) is 18.3 Å². The molecule has 0 aromatic carbocycles. The van der Waals surface area contributed by atoms with Gasteiger partial charge in [0.25, 0.3) is 0 Å². The van der Waals surface area contributed by atoms with Crippen LogP contribution in [-0.4, -0.2) is 22.5 Å². The lowest BCUT2D eigenvalue weighted by atomic mass is 10.1. The summed E-state index contributed by atoms with van der Waals surface area (Å²) in [6.45, 7) is 3.77. The lowest BCUT2D eigenvalue weighted by Gasteiger charge is -2.08. The average Bonchev–Trinajstić information content (AvgIpc) is 3.31. The van der Waals surface area contributed by atoms with E-state index >= 15 is 0 Å². The van der Waals surface area contributed by atoms with Crippen molar-refractivity contribution >= 4 is 40.4 Å². The third kappa shape index (κ3) is 4.12. The van der Waals surface area contributed by atoms with Crippen molar-refractivity contribution < 1.29 is 9.53 Å². The van der Waals surface area contributed by atoms with Crippen LogP contribution >= 0.6 is 34.4 Å². The van der Waals surface area contributed by atoms with Crippen LogP contribution in [0.4, 0.5) is 0 Å². The molecule has 0 spiro atoms. The molecule has 0 aliphatic heterocycles. The minimum Gasteiger partial charge on any atom is -0.462 e. The van der Waals surface area contributed by atoms with Crippen molar-refractivity contribution in [2.75, 3.05) is 6.61 Å². The second-order valence-corrected chi connectivity index (χ2v) is 7.85. The van der Waals surface area contributed by atoms with Crippen molar-refractivity contribution in [1.29, 1.82) is 5.26 Å². The van der Waals surface area contributed by atoms with Crippen LogP contribution in [0.2, 0.25) is 0 Å². The minimum absolute atomic E-state index is 0.285. The van der Waals surface area contributed by atoms with Gasteiger partial charge in [0.15, 0.2) is 0 Å². The molecular weight excluding hydrogens is 386 g/mol. The largest absolute Gasteiger partial charge is 0.462 e. The smallest absolute Gasteiger partial charge is 0.340 e. The monoisotopic (exact) mass is 401 g/mol. The second kappa shape index (κ2) is 8.45. The van der Waals surface area contributed by atoms with Crippen LogP contribution < -0.4 is 0 Å². The van der Waals surface area contributed by atoms with Gasteiger partial charge in [0, 0.05) is 22.1 Å². The average molecular weight is 402 g/mol. The van der Waals surface area contributed by atoms with Gasteiger partial charge in [-0.1, -0.05) is 11.8 Å². The van der Waals surface area contributed by atoms with Crippen LogP contribution in [0.1, 0.15) is 34.2 Å². The fourth-order valence-electron chi connectivity index (χ4n) is 2.22. The summed E-state index contributed by atoms with van der Waals surface area (Å²) in [4.78, 5) is 21.0. The van der Waals surface area contributed by atoms with Gasteiger partial charge in [0.05, 0.1) is 29.1 Å². The molecule has 3 rings (SSSR count). The first-order valence-corrected chi connectivity index (χ1v) is 10.6. The zero-order valence-corrected chi connectivity index (χ0v) is 16.6. The number of esters is 1. The molecule has 0 N–H and O–H groups in total. The van der Waals surface area contributed by atoms with Gasteiger partial charge in [-0.3, -0.25) is 0 Å². The zero-order chi connectivity index (χ0) is 18.5. The highest BCUT2D eigenvalue weighted by atomic mass is 32.2. The highest BCUT2D eigenvalue weighted by Crippen LogP contribution is 2.30. The number of rotatable bonds is 6. The predicted molar refractivity (Wildman–Crippen MR) is 105 cm³/mol. The van der Waals surface area contributed by atoms with E-state index in [-0.39, 0.29) is 6.61 Å².